The average Bonchev–Trinajstić information content (AvgIpc) is 3.19. The topological polar surface area (TPSA) is 115 Å². The second kappa shape index (κ2) is 9.58. The number of furan rings is 1. The number of nitrogens with zero attached hydrogens (tertiary/aromatic N) is 2. The summed E-state index contributed by atoms with van der Waals surface area (Å²) in [6, 6.07) is 11.0. The molecule has 0 saturated heterocycles. The van der Waals surface area contributed by atoms with Crippen LogP contribution in [0.4, 0.5) is 4.39 Å². The number of benzene rings is 2. The van der Waals surface area contributed by atoms with Crippen LogP contribution in [0.5, 0.6) is 17.4 Å². The quantitative estimate of drug-likeness (QED) is 0.382. The maximum atomic E-state index is 13.7. The molecule has 0 radical (unpaired) electrons. The molecule has 2 aromatic heterocycles. The number of fused-ring (bicyclic) bond motifs is 1. The SMILES string of the molecule is COc1ccc(CCn2c(O)c(C(=O)c3oc4ccc(F)cc4c3C)c(C)c(C#N)c2=O)cc1OC. The Morgan fingerprint density at radius 1 is 1.11 bits per heavy atom. The van der Waals surface area contributed by atoms with Gasteiger partial charge >= 0.3 is 0 Å². The van der Waals surface area contributed by atoms with Crippen LogP contribution in [0.2, 0.25) is 0 Å². The highest BCUT2D eigenvalue weighted by molar-refractivity contribution is 6.12. The van der Waals surface area contributed by atoms with Crippen LogP contribution < -0.4 is 15.0 Å². The largest absolute Gasteiger partial charge is 0.494 e. The molecule has 8 nitrogen and oxygen atoms in total. The first-order valence-electron chi connectivity index (χ1n) is 11.0. The third-order valence-corrected chi connectivity index (χ3v) is 6.20. The van der Waals surface area contributed by atoms with E-state index in [9.17, 15) is 24.3 Å². The number of methoxy groups -OCH3 is 2. The molecule has 0 atom stereocenters. The molecule has 4 rings (SSSR count). The van der Waals surface area contributed by atoms with Crippen molar-refractivity contribution in [2.45, 2.75) is 26.8 Å². The molecular weight excluding hydrogens is 467 g/mol. The van der Waals surface area contributed by atoms with Gasteiger partial charge < -0.3 is 19.0 Å². The molecule has 0 aliphatic heterocycles. The summed E-state index contributed by atoms with van der Waals surface area (Å²) in [5.74, 6) is -0.843. The van der Waals surface area contributed by atoms with E-state index < -0.39 is 23.0 Å². The Hall–Kier alpha value is -4.58. The molecule has 184 valence electrons. The maximum Gasteiger partial charge on any atom is 0.271 e. The molecule has 0 saturated carbocycles. The van der Waals surface area contributed by atoms with Crippen LogP contribution >= 0.6 is 0 Å². The van der Waals surface area contributed by atoms with Gasteiger partial charge in [-0.3, -0.25) is 14.2 Å². The van der Waals surface area contributed by atoms with E-state index in [-0.39, 0.29) is 29.0 Å². The van der Waals surface area contributed by atoms with E-state index in [0.29, 0.717) is 34.5 Å². The van der Waals surface area contributed by atoms with Gasteiger partial charge in [0.15, 0.2) is 17.3 Å². The summed E-state index contributed by atoms with van der Waals surface area (Å²) in [6.45, 7) is 3.01. The number of ether oxygens (including phenoxy) is 2. The maximum absolute atomic E-state index is 13.7. The average molecular weight is 490 g/mol. The van der Waals surface area contributed by atoms with E-state index in [0.717, 1.165) is 10.1 Å². The van der Waals surface area contributed by atoms with Crippen LogP contribution in [0.25, 0.3) is 11.0 Å². The lowest BCUT2D eigenvalue weighted by Crippen LogP contribution is -2.27. The molecule has 2 aromatic carbocycles. The Balaban J connectivity index is 1.79. The molecule has 0 fully saturated rings. The first kappa shape index (κ1) is 24.5. The highest BCUT2D eigenvalue weighted by Crippen LogP contribution is 2.32. The van der Waals surface area contributed by atoms with Crippen molar-refractivity contribution in [2.24, 2.45) is 0 Å². The summed E-state index contributed by atoms with van der Waals surface area (Å²) in [5.41, 5.74) is 0.309. The third kappa shape index (κ3) is 4.07. The van der Waals surface area contributed by atoms with Crippen molar-refractivity contribution < 1.29 is 28.2 Å². The van der Waals surface area contributed by atoms with Crippen LogP contribution in [0.1, 0.15) is 38.4 Å². The van der Waals surface area contributed by atoms with Gasteiger partial charge in [-0.25, -0.2) is 4.39 Å². The first-order chi connectivity index (χ1) is 17.2. The minimum Gasteiger partial charge on any atom is -0.494 e. The van der Waals surface area contributed by atoms with Crippen molar-refractivity contribution >= 4 is 16.8 Å². The molecule has 0 bridgehead atoms. The van der Waals surface area contributed by atoms with E-state index in [4.69, 9.17) is 13.9 Å². The number of aryl methyl sites for hydroxylation is 2. The zero-order chi connectivity index (χ0) is 26.1. The van der Waals surface area contributed by atoms with Gasteiger partial charge in [0.05, 0.1) is 19.8 Å². The second-order valence-corrected chi connectivity index (χ2v) is 8.23. The van der Waals surface area contributed by atoms with Gasteiger partial charge in [-0.05, 0) is 61.7 Å². The second-order valence-electron chi connectivity index (χ2n) is 8.23. The summed E-state index contributed by atoms with van der Waals surface area (Å²) in [4.78, 5) is 26.5. The summed E-state index contributed by atoms with van der Waals surface area (Å²) in [5, 5.41) is 21.1. The lowest BCUT2D eigenvalue weighted by molar-refractivity contribution is 0.101. The van der Waals surface area contributed by atoms with Crippen molar-refractivity contribution in [1.29, 1.82) is 5.26 Å². The molecule has 0 aliphatic rings. The lowest BCUT2D eigenvalue weighted by Gasteiger charge is -2.16. The molecule has 4 aromatic rings. The standard InChI is InChI=1S/C27H23FN2O6/c1-14-19(13-29)26(32)30(10-9-16-5-7-21(34-3)22(11-16)35-4)27(33)23(14)24(31)25-15(2)18-12-17(28)6-8-20(18)36-25/h5-8,11-12,33H,9-10H2,1-4H3. The van der Waals surface area contributed by atoms with E-state index in [1.165, 1.54) is 39.3 Å². The fourth-order valence-corrected chi connectivity index (χ4v) is 4.23. The normalized spacial score (nSPS) is 10.9. The van der Waals surface area contributed by atoms with Crippen LogP contribution in [0.3, 0.4) is 0 Å². The minimum atomic E-state index is -0.715. The Morgan fingerprint density at radius 3 is 2.50 bits per heavy atom. The Morgan fingerprint density at radius 2 is 1.83 bits per heavy atom. The number of halogens is 1. The zero-order valence-electron chi connectivity index (χ0n) is 20.1. The Kier molecular flexibility index (Phi) is 6.53. The van der Waals surface area contributed by atoms with Crippen molar-refractivity contribution in [1.82, 2.24) is 4.57 Å². The molecule has 0 aliphatic carbocycles. The molecule has 2 heterocycles. The van der Waals surface area contributed by atoms with Crippen molar-refractivity contribution in [2.75, 3.05) is 14.2 Å². The van der Waals surface area contributed by atoms with Gasteiger partial charge in [0.25, 0.3) is 5.56 Å². The van der Waals surface area contributed by atoms with E-state index in [1.54, 1.807) is 25.1 Å². The molecule has 0 amide bonds. The predicted molar refractivity (Wildman–Crippen MR) is 129 cm³/mol. The van der Waals surface area contributed by atoms with Crippen molar-refractivity contribution in [3.63, 3.8) is 0 Å². The van der Waals surface area contributed by atoms with Gasteiger partial charge in [0, 0.05) is 17.5 Å². The number of hydrogen-bond acceptors (Lipinski definition) is 7. The lowest BCUT2D eigenvalue weighted by atomic mass is 9.98. The number of aromatic hydroxyl groups is 1. The van der Waals surface area contributed by atoms with Crippen molar-refractivity contribution in [3.05, 3.63) is 86.1 Å². The number of hydrogen-bond donors (Lipinski definition) is 1. The Bertz CT molecular complexity index is 1610. The summed E-state index contributed by atoms with van der Waals surface area (Å²) in [7, 11) is 3.02. The molecule has 9 heteroatoms. The van der Waals surface area contributed by atoms with Crippen LogP contribution in [0, 0.1) is 31.0 Å². The fraction of sp³-hybridized carbons (Fsp3) is 0.222. The number of rotatable bonds is 7. The number of nitriles is 1. The third-order valence-electron chi connectivity index (χ3n) is 6.20. The smallest absolute Gasteiger partial charge is 0.271 e. The predicted octanol–water partition coefficient (Wildman–Crippen LogP) is 4.42. The highest BCUT2D eigenvalue weighted by atomic mass is 19.1. The van der Waals surface area contributed by atoms with E-state index in [1.807, 2.05) is 6.07 Å². The molecule has 0 unspecified atom stereocenters. The van der Waals surface area contributed by atoms with E-state index in [2.05, 4.69) is 0 Å². The number of carbonyl (C=O) groups is 1. The molecular formula is C27H23FN2O6. The summed E-state index contributed by atoms with van der Waals surface area (Å²) >= 11 is 0. The number of aromatic nitrogens is 1. The number of ketones is 1. The minimum absolute atomic E-state index is 0.0142. The Labute approximate surface area is 205 Å². The van der Waals surface area contributed by atoms with Gasteiger partial charge in [-0.1, -0.05) is 6.07 Å². The summed E-state index contributed by atoms with van der Waals surface area (Å²) in [6.07, 6.45) is 0.290. The van der Waals surface area contributed by atoms with Gasteiger partial charge in [-0.15, -0.1) is 0 Å². The zero-order valence-corrected chi connectivity index (χ0v) is 20.1. The summed E-state index contributed by atoms with van der Waals surface area (Å²) < 4.78 is 30.9. The van der Waals surface area contributed by atoms with E-state index >= 15 is 0 Å². The van der Waals surface area contributed by atoms with Crippen molar-refractivity contribution in [3.8, 4) is 23.4 Å². The van der Waals surface area contributed by atoms with Gasteiger partial charge in [0.1, 0.15) is 23.0 Å². The van der Waals surface area contributed by atoms with Crippen LogP contribution in [-0.4, -0.2) is 29.7 Å². The molecule has 0 spiro atoms. The monoisotopic (exact) mass is 490 g/mol. The van der Waals surface area contributed by atoms with Crippen LogP contribution in [0.15, 0.2) is 45.6 Å². The van der Waals surface area contributed by atoms with Crippen LogP contribution in [-0.2, 0) is 13.0 Å². The molecule has 36 heavy (non-hydrogen) atoms. The highest BCUT2D eigenvalue weighted by Gasteiger charge is 2.28. The fourth-order valence-electron chi connectivity index (χ4n) is 4.23. The first-order valence-corrected chi connectivity index (χ1v) is 11.0. The molecule has 1 N–H and O–H groups in total. The van der Waals surface area contributed by atoms with Gasteiger partial charge in [0.2, 0.25) is 11.7 Å². The van der Waals surface area contributed by atoms with Gasteiger partial charge in [-0.2, -0.15) is 5.26 Å². The number of carbonyl (C=O) groups excluding carboxylic acids is 1. The number of pyridine rings is 1.